The second kappa shape index (κ2) is 6.14. The Morgan fingerprint density at radius 2 is 2.29 bits per heavy atom. The summed E-state index contributed by atoms with van der Waals surface area (Å²) in [6, 6.07) is 9.17. The average Bonchev–Trinajstić information content (AvgIpc) is 2.91. The molecule has 1 aliphatic heterocycles. The number of rotatable bonds is 4. The zero-order chi connectivity index (χ0) is 16.7. The van der Waals surface area contributed by atoms with Crippen molar-refractivity contribution >= 4 is 10.9 Å². The van der Waals surface area contributed by atoms with E-state index in [2.05, 4.69) is 48.0 Å². The standard InChI is InChI=1S/C20H25N3O/c1-13(2)11-24-14-6-7-19-17(10-14)15-4-3-5-16-18(8-9-21)22-12-23(19)20(15)16/h6-7,10,13,16,18,22H,3-5,8,11-12H2,1-2H3. The van der Waals surface area contributed by atoms with Crippen LogP contribution < -0.4 is 10.1 Å². The molecule has 2 unspecified atom stereocenters. The maximum Gasteiger partial charge on any atom is 0.120 e. The van der Waals surface area contributed by atoms with Crippen LogP contribution in [0.2, 0.25) is 0 Å². The number of benzene rings is 1. The minimum Gasteiger partial charge on any atom is -0.493 e. The monoisotopic (exact) mass is 323 g/mol. The van der Waals surface area contributed by atoms with Crippen LogP contribution in [-0.4, -0.2) is 17.2 Å². The summed E-state index contributed by atoms with van der Waals surface area (Å²) in [5, 5.41) is 14.1. The number of nitriles is 1. The highest BCUT2D eigenvalue weighted by Gasteiger charge is 2.35. The van der Waals surface area contributed by atoms with Crippen molar-refractivity contribution in [2.24, 2.45) is 5.92 Å². The smallest absolute Gasteiger partial charge is 0.120 e. The van der Waals surface area contributed by atoms with Crippen LogP contribution in [-0.2, 0) is 13.1 Å². The van der Waals surface area contributed by atoms with Crippen LogP contribution in [0, 0.1) is 17.2 Å². The van der Waals surface area contributed by atoms with Gasteiger partial charge in [0.1, 0.15) is 5.75 Å². The predicted molar refractivity (Wildman–Crippen MR) is 95.1 cm³/mol. The van der Waals surface area contributed by atoms with E-state index in [4.69, 9.17) is 10.00 Å². The first-order valence-corrected chi connectivity index (χ1v) is 9.07. The second-order valence-electron chi connectivity index (χ2n) is 7.51. The predicted octanol–water partition coefficient (Wildman–Crippen LogP) is 3.94. The number of aromatic nitrogens is 1. The third-order valence-corrected chi connectivity index (χ3v) is 5.37. The molecule has 4 rings (SSSR count). The highest BCUT2D eigenvalue weighted by molar-refractivity contribution is 5.87. The second-order valence-corrected chi connectivity index (χ2v) is 7.51. The van der Waals surface area contributed by atoms with Crippen LogP contribution >= 0.6 is 0 Å². The van der Waals surface area contributed by atoms with Crippen molar-refractivity contribution in [1.82, 2.24) is 9.88 Å². The Morgan fingerprint density at radius 1 is 1.42 bits per heavy atom. The van der Waals surface area contributed by atoms with Gasteiger partial charge in [-0.1, -0.05) is 13.8 Å². The van der Waals surface area contributed by atoms with Crippen molar-refractivity contribution in [1.29, 1.82) is 5.26 Å². The molecule has 0 amide bonds. The summed E-state index contributed by atoms with van der Waals surface area (Å²) >= 11 is 0. The molecule has 1 aromatic carbocycles. The SMILES string of the molecule is CC(C)COc1ccc2c(c1)c1c3n2CNC(CC#N)C3CCC1. The lowest BCUT2D eigenvalue weighted by Gasteiger charge is -2.36. The number of nitrogens with zero attached hydrogens (tertiary/aromatic N) is 2. The Hall–Kier alpha value is -1.99. The fourth-order valence-corrected chi connectivity index (χ4v) is 4.32. The molecule has 2 atom stereocenters. The van der Waals surface area contributed by atoms with Crippen LogP contribution in [0.15, 0.2) is 18.2 Å². The van der Waals surface area contributed by atoms with Gasteiger partial charge in [-0.25, -0.2) is 0 Å². The Morgan fingerprint density at radius 3 is 3.08 bits per heavy atom. The minimum atomic E-state index is 0.294. The number of hydrogen-bond donors (Lipinski definition) is 1. The van der Waals surface area contributed by atoms with Gasteiger partial charge in [0, 0.05) is 28.6 Å². The van der Waals surface area contributed by atoms with E-state index in [0.29, 0.717) is 24.3 Å². The van der Waals surface area contributed by atoms with Crippen molar-refractivity contribution in [2.45, 2.75) is 58.2 Å². The van der Waals surface area contributed by atoms with Crippen LogP contribution in [0.1, 0.15) is 50.3 Å². The number of aryl methyl sites for hydroxylation is 1. The normalized spacial score (nSPS) is 22.4. The Bertz CT molecular complexity index is 799. The van der Waals surface area contributed by atoms with Gasteiger partial charge < -0.3 is 9.30 Å². The molecule has 2 heterocycles. The molecule has 0 bridgehead atoms. The summed E-state index contributed by atoms with van der Waals surface area (Å²) in [4.78, 5) is 0. The van der Waals surface area contributed by atoms with Gasteiger partial charge in [0.25, 0.3) is 0 Å². The molecular formula is C20H25N3O. The first-order chi connectivity index (χ1) is 11.7. The molecule has 2 aromatic rings. The topological polar surface area (TPSA) is 50.0 Å². The van der Waals surface area contributed by atoms with Crippen LogP contribution in [0.3, 0.4) is 0 Å². The molecule has 0 saturated carbocycles. The third-order valence-electron chi connectivity index (χ3n) is 5.37. The molecule has 0 fully saturated rings. The van der Waals surface area contributed by atoms with Crippen molar-refractivity contribution < 1.29 is 4.74 Å². The van der Waals surface area contributed by atoms with Gasteiger partial charge in [0.05, 0.1) is 25.8 Å². The summed E-state index contributed by atoms with van der Waals surface area (Å²) in [5.74, 6) is 1.97. The average molecular weight is 323 g/mol. The highest BCUT2D eigenvalue weighted by atomic mass is 16.5. The summed E-state index contributed by atoms with van der Waals surface area (Å²) in [7, 11) is 0. The number of hydrogen-bond acceptors (Lipinski definition) is 3. The van der Waals surface area contributed by atoms with Gasteiger partial charge in [0.2, 0.25) is 0 Å². The summed E-state index contributed by atoms with van der Waals surface area (Å²) < 4.78 is 8.37. The third kappa shape index (κ3) is 2.48. The van der Waals surface area contributed by atoms with Gasteiger partial charge in [-0.3, -0.25) is 5.32 Å². The van der Waals surface area contributed by atoms with E-state index in [1.165, 1.54) is 35.0 Å². The summed E-state index contributed by atoms with van der Waals surface area (Å²) in [6.45, 7) is 5.90. The highest BCUT2D eigenvalue weighted by Crippen LogP contribution is 2.43. The molecule has 126 valence electrons. The molecule has 1 aliphatic carbocycles. The van der Waals surface area contributed by atoms with Gasteiger partial charge in [0.15, 0.2) is 0 Å². The van der Waals surface area contributed by atoms with Gasteiger partial charge in [-0.15, -0.1) is 0 Å². The molecule has 0 radical (unpaired) electrons. The maximum absolute atomic E-state index is 9.13. The largest absolute Gasteiger partial charge is 0.493 e. The Kier molecular flexibility index (Phi) is 3.97. The Balaban J connectivity index is 1.78. The van der Waals surface area contributed by atoms with E-state index in [-0.39, 0.29) is 0 Å². The molecule has 24 heavy (non-hydrogen) atoms. The van der Waals surface area contributed by atoms with Crippen molar-refractivity contribution in [2.75, 3.05) is 6.61 Å². The van der Waals surface area contributed by atoms with E-state index in [0.717, 1.165) is 25.4 Å². The lowest BCUT2D eigenvalue weighted by atomic mass is 9.80. The molecule has 4 heteroatoms. The van der Waals surface area contributed by atoms with E-state index in [1.807, 2.05) is 0 Å². The molecule has 0 spiro atoms. The van der Waals surface area contributed by atoms with E-state index in [1.54, 1.807) is 0 Å². The number of nitrogens with one attached hydrogen (secondary N) is 1. The number of fused-ring (bicyclic) bond motifs is 3. The maximum atomic E-state index is 9.13. The minimum absolute atomic E-state index is 0.294. The van der Waals surface area contributed by atoms with Crippen LogP contribution in [0.4, 0.5) is 0 Å². The van der Waals surface area contributed by atoms with Gasteiger partial charge in [-0.2, -0.15) is 5.26 Å². The quantitative estimate of drug-likeness (QED) is 0.927. The van der Waals surface area contributed by atoms with Gasteiger partial charge >= 0.3 is 0 Å². The zero-order valence-electron chi connectivity index (χ0n) is 14.5. The zero-order valence-corrected chi connectivity index (χ0v) is 14.5. The first kappa shape index (κ1) is 15.5. The molecule has 1 N–H and O–H groups in total. The molecule has 0 saturated heterocycles. The molecular weight excluding hydrogens is 298 g/mol. The summed E-state index contributed by atoms with van der Waals surface area (Å²) in [6.07, 6.45) is 4.12. The fourth-order valence-electron chi connectivity index (χ4n) is 4.32. The van der Waals surface area contributed by atoms with Crippen LogP contribution in [0.25, 0.3) is 10.9 Å². The van der Waals surface area contributed by atoms with Crippen molar-refractivity contribution in [3.63, 3.8) is 0 Å². The fraction of sp³-hybridized carbons (Fsp3) is 0.550. The lowest BCUT2D eigenvalue weighted by Crippen LogP contribution is -2.43. The number of ether oxygens (including phenoxy) is 1. The molecule has 2 aliphatic rings. The van der Waals surface area contributed by atoms with Crippen molar-refractivity contribution in [3.8, 4) is 11.8 Å². The van der Waals surface area contributed by atoms with E-state index >= 15 is 0 Å². The molecule has 1 aromatic heterocycles. The van der Waals surface area contributed by atoms with E-state index < -0.39 is 0 Å². The van der Waals surface area contributed by atoms with Crippen molar-refractivity contribution in [3.05, 3.63) is 29.5 Å². The van der Waals surface area contributed by atoms with Crippen LogP contribution in [0.5, 0.6) is 5.75 Å². The molecule has 4 nitrogen and oxygen atoms in total. The van der Waals surface area contributed by atoms with Gasteiger partial charge in [-0.05, 0) is 48.9 Å². The lowest BCUT2D eigenvalue weighted by molar-refractivity contribution is 0.271. The summed E-state index contributed by atoms with van der Waals surface area (Å²) in [5.41, 5.74) is 4.25. The van der Waals surface area contributed by atoms with E-state index in [9.17, 15) is 0 Å². The first-order valence-electron chi connectivity index (χ1n) is 9.07. The Labute approximate surface area is 143 Å².